The quantitative estimate of drug-likeness (QED) is 0.521. The van der Waals surface area contributed by atoms with Crippen molar-refractivity contribution in [2.45, 2.75) is 58.0 Å². The van der Waals surface area contributed by atoms with Crippen molar-refractivity contribution >= 4 is 0 Å². The van der Waals surface area contributed by atoms with Crippen LogP contribution >= 0.6 is 0 Å². The minimum Gasteiger partial charge on any atom is -0.468 e. The van der Waals surface area contributed by atoms with Crippen LogP contribution in [-0.2, 0) is 11.2 Å². The summed E-state index contributed by atoms with van der Waals surface area (Å²) in [5.41, 5.74) is 0.672. The summed E-state index contributed by atoms with van der Waals surface area (Å²) in [5.74, 6) is 0.810. The van der Waals surface area contributed by atoms with Gasteiger partial charge in [0.05, 0.1) is 5.60 Å². The van der Waals surface area contributed by atoms with Crippen molar-refractivity contribution in [3.63, 3.8) is 0 Å². The van der Waals surface area contributed by atoms with E-state index >= 15 is 0 Å². The number of rotatable bonds is 10. The van der Waals surface area contributed by atoms with E-state index in [1.807, 2.05) is 31.2 Å². The Morgan fingerprint density at radius 3 is 2.40 bits per heavy atom. The van der Waals surface area contributed by atoms with Crippen molar-refractivity contribution in [2.75, 3.05) is 13.9 Å². The van der Waals surface area contributed by atoms with Gasteiger partial charge in [-0.15, -0.1) is 0 Å². The molecule has 0 heterocycles. The van der Waals surface area contributed by atoms with Crippen LogP contribution in [0.25, 0.3) is 0 Å². The first-order chi connectivity index (χ1) is 9.57. The maximum atomic E-state index is 10.3. The van der Waals surface area contributed by atoms with Gasteiger partial charge in [0.25, 0.3) is 0 Å². The zero-order chi connectivity index (χ0) is 14.8. The molecule has 0 aliphatic heterocycles. The average molecular weight is 280 g/mol. The summed E-state index contributed by atoms with van der Waals surface area (Å²) < 4.78 is 10.2. The molecule has 1 unspecified atom stereocenters. The van der Waals surface area contributed by atoms with Crippen LogP contribution in [0.5, 0.6) is 5.75 Å². The van der Waals surface area contributed by atoms with Crippen LogP contribution in [0.2, 0.25) is 0 Å². The fourth-order valence-corrected chi connectivity index (χ4v) is 2.17. The lowest BCUT2D eigenvalue weighted by Crippen LogP contribution is -2.24. The normalized spacial score (nSPS) is 14.0. The Balaban J connectivity index is 2.36. The lowest BCUT2D eigenvalue weighted by Gasteiger charge is -2.23. The molecule has 0 amide bonds. The predicted octanol–water partition coefficient (Wildman–Crippen LogP) is 3.93. The zero-order valence-electron chi connectivity index (χ0n) is 13.0. The number of hydrogen-bond donors (Lipinski definition) is 1. The smallest absolute Gasteiger partial charge is 0.188 e. The van der Waals surface area contributed by atoms with E-state index in [1.165, 1.54) is 18.4 Å². The van der Waals surface area contributed by atoms with E-state index < -0.39 is 5.60 Å². The number of ether oxygens (including phenoxy) is 2. The van der Waals surface area contributed by atoms with Crippen LogP contribution in [0.15, 0.2) is 24.3 Å². The Kier molecular flexibility index (Phi) is 7.63. The van der Waals surface area contributed by atoms with E-state index in [1.54, 1.807) is 7.11 Å². The van der Waals surface area contributed by atoms with Crippen molar-refractivity contribution in [1.29, 1.82) is 0 Å². The van der Waals surface area contributed by atoms with Gasteiger partial charge in [0.15, 0.2) is 6.79 Å². The number of benzene rings is 1. The molecule has 0 bridgehead atoms. The van der Waals surface area contributed by atoms with Gasteiger partial charge in [-0.1, -0.05) is 38.3 Å². The topological polar surface area (TPSA) is 38.7 Å². The van der Waals surface area contributed by atoms with Gasteiger partial charge in [0.1, 0.15) is 5.75 Å². The molecule has 0 fully saturated rings. The van der Waals surface area contributed by atoms with Gasteiger partial charge >= 0.3 is 0 Å². The predicted molar refractivity (Wildman–Crippen MR) is 82.0 cm³/mol. The second-order valence-corrected chi connectivity index (χ2v) is 5.65. The molecule has 0 aliphatic rings. The van der Waals surface area contributed by atoms with Gasteiger partial charge in [-0.2, -0.15) is 0 Å². The lowest BCUT2D eigenvalue weighted by molar-refractivity contribution is 0.0397. The highest BCUT2D eigenvalue weighted by Crippen LogP contribution is 2.22. The molecule has 1 aromatic rings. The maximum absolute atomic E-state index is 10.3. The summed E-state index contributed by atoms with van der Waals surface area (Å²) in [5, 5.41) is 10.3. The fraction of sp³-hybridized carbons (Fsp3) is 0.647. The molecule has 1 N–H and O–H groups in total. The van der Waals surface area contributed by atoms with Crippen molar-refractivity contribution in [2.24, 2.45) is 0 Å². The SMILES string of the molecule is CCCCCC(C)(O)CCc1ccc(OCOC)cc1. The molecule has 0 spiro atoms. The Bertz CT molecular complexity index is 357. The van der Waals surface area contributed by atoms with E-state index in [2.05, 4.69) is 6.92 Å². The Morgan fingerprint density at radius 1 is 1.10 bits per heavy atom. The molecule has 0 radical (unpaired) electrons. The second-order valence-electron chi connectivity index (χ2n) is 5.65. The lowest BCUT2D eigenvalue weighted by atomic mass is 9.91. The summed E-state index contributed by atoms with van der Waals surface area (Å²) in [6, 6.07) is 7.99. The summed E-state index contributed by atoms with van der Waals surface area (Å²) in [6.07, 6.45) is 6.07. The summed E-state index contributed by atoms with van der Waals surface area (Å²) in [4.78, 5) is 0. The van der Waals surface area contributed by atoms with Crippen molar-refractivity contribution in [3.8, 4) is 5.75 Å². The minimum atomic E-state index is -0.555. The van der Waals surface area contributed by atoms with Gasteiger partial charge in [-0.05, 0) is 43.9 Å². The monoisotopic (exact) mass is 280 g/mol. The van der Waals surface area contributed by atoms with Crippen molar-refractivity contribution in [1.82, 2.24) is 0 Å². The highest BCUT2D eigenvalue weighted by molar-refractivity contribution is 5.27. The van der Waals surface area contributed by atoms with Gasteiger partial charge in [-0.3, -0.25) is 0 Å². The third-order valence-corrected chi connectivity index (χ3v) is 3.54. The molecule has 114 valence electrons. The number of methoxy groups -OCH3 is 1. The summed E-state index contributed by atoms with van der Waals surface area (Å²) >= 11 is 0. The van der Waals surface area contributed by atoms with E-state index in [4.69, 9.17) is 9.47 Å². The molecule has 1 rings (SSSR count). The van der Waals surface area contributed by atoms with E-state index in [9.17, 15) is 5.11 Å². The van der Waals surface area contributed by atoms with Crippen LogP contribution in [0, 0.1) is 0 Å². The molecule has 0 saturated heterocycles. The van der Waals surface area contributed by atoms with Crippen LogP contribution < -0.4 is 4.74 Å². The van der Waals surface area contributed by atoms with Crippen molar-refractivity contribution in [3.05, 3.63) is 29.8 Å². The first-order valence-corrected chi connectivity index (χ1v) is 7.50. The van der Waals surface area contributed by atoms with Crippen LogP contribution in [0.3, 0.4) is 0 Å². The van der Waals surface area contributed by atoms with E-state index in [0.29, 0.717) is 0 Å². The Hall–Kier alpha value is -1.06. The fourth-order valence-electron chi connectivity index (χ4n) is 2.17. The first-order valence-electron chi connectivity index (χ1n) is 7.50. The van der Waals surface area contributed by atoms with Gasteiger partial charge in [-0.25, -0.2) is 0 Å². The molecule has 20 heavy (non-hydrogen) atoms. The van der Waals surface area contributed by atoms with E-state index in [-0.39, 0.29) is 6.79 Å². The number of aliphatic hydroxyl groups is 1. The maximum Gasteiger partial charge on any atom is 0.188 e. The van der Waals surface area contributed by atoms with Crippen LogP contribution in [-0.4, -0.2) is 24.6 Å². The molecule has 0 saturated carbocycles. The third kappa shape index (κ3) is 6.92. The second kappa shape index (κ2) is 8.98. The first kappa shape index (κ1) is 17.0. The molecule has 0 aliphatic carbocycles. The minimum absolute atomic E-state index is 0.269. The molecule has 0 aromatic heterocycles. The molecule has 3 nitrogen and oxygen atoms in total. The van der Waals surface area contributed by atoms with Crippen molar-refractivity contribution < 1.29 is 14.6 Å². The van der Waals surface area contributed by atoms with Gasteiger partial charge in [0.2, 0.25) is 0 Å². The zero-order valence-corrected chi connectivity index (χ0v) is 13.0. The third-order valence-electron chi connectivity index (χ3n) is 3.54. The number of unbranched alkanes of at least 4 members (excludes halogenated alkanes) is 2. The largest absolute Gasteiger partial charge is 0.468 e. The number of aryl methyl sites for hydroxylation is 1. The van der Waals surface area contributed by atoms with Gasteiger partial charge in [0, 0.05) is 7.11 Å². The standard InChI is InChI=1S/C17H28O3/c1-4-5-6-12-17(2,18)13-11-15-7-9-16(10-8-15)20-14-19-3/h7-10,18H,4-6,11-14H2,1-3H3. The molecule has 3 heteroatoms. The summed E-state index contributed by atoms with van der Waals surface area (Å²) in [7, 11) is 1.61. The highest BCUT2D eigenvalue weighted by Gasteiger charge is 2.19. The summed E-state index contributed by atoms with van der Waals surface area (Å²) in [6.45, 7) is 4.39. The van der Waals surface area contributed by atoms with E-state index in [0.717, 1.165) is 31.4 Å². The molecule has 1 atom stereocenters. The van der Waals surface area contributed by atoms with Crippen LogP contribution in [0.4, 0.5) is 0 Å². The van der Waals surface area contributed by atoms with Crippen LogP contribution in [0.1, 0.15) is 51.5 Å². The highest BCUT2D eigenvalue weighted by atomic mass is 16.7. The van der Waals surface area contributed by atoms with Gasteiger partial charge < -0.3 is 14.6 Å². The molecular weight excluding hydrogens is 252 g/mol. The average Bonchev–Trinajstić information content (AvgIpc) is 2.44. The molecule has 1 aromatic carbocycles. The Labute approximate surface area is 122 Å². The molecular formula is C17H28O3. The number of hydrogen-bond acceptors (Lipinski definition) is 3. The Morgan fingerprint density at radius 2 is 1.80 bits per heavy atom.